The maximum atomic E-state index is 11.5. The van der Waals surface area contributed by atoms with Crippen molar-refractivity contribution < 1.29 is 9.59 Å². The predicted molar refractivity (Wildman–Crippen MR) is 52.2 cm³/mol. The number of amides is 2. The van der Waals surface area contributed by atoms with Crippen LogP contribution in [-0.4, -0.2) is 23.9 Å². The van der Waals surface area contributed by atoms with Crippen molar-refractivity contribution in [2.45, 2.75) is 38.3 Å². The van der Waals surface area contributed by atoms with Gasteiger partial charge in [-0.3, -0.25) is 9.59 Å². The quantitative estimate of drug-likeness (QED) is 0.611. The second-order valence-electron chi connectivity index (χ2n) is 3.29. The van der Waals surface area contributed by atoms with E-state index < -0.39 is 6.04 Å². The van der Waals surface area contributed by atoms with Crippen LogP contribution in [0.25, 0.3) is 0 Å². The molecule has 0 aliphatic carbocycles. The van der Waals surface area contributed by atoms with Gasteiger partial charge >= 0.3 is 0 Å². The third kappa shape index (κ3) is 2.49. The van der Waals surface area contributed by atoms with E-state index >= 15 is 0 Å². The van der Waals surface area contributed by atoms with Gasteiger partial charge in [-0.25, -0.2) is 0 Å². The molecule has 1 rings (SSSR count). The summed E-state index contributed by atoms with van der Waals surface area (Å²) in [6, 6.07) is -0.634. The Balaban J connectivity index is 2.43. The van der Waals surface area contributed by atoms with Gasteiger partial charge in [0.25, 0.3) is 0 Å². The molecule has 76 valence electrons. The van der Waals surface area contributed by atoms with Crippen LogP contribution in [0.3, 0.4) is 0 Å². The predicted octanol–water partition coefficient (Wildman–Crippen LogP) is -0.207. The minimum atomic E-state index is -0.398. The largest absolute Gasteiger partial charge is 0.344 e. The van der Waals surface area contributed by atoms with Crippen molar-refractivity contribution in [1.29, 1.82) is 0 Å². The van der Waals surface area contributed by atoms with Crippen molar-refractivity contribution in [1.82, 2.24) is 10.6 Å². The number of nitrogens with one attached hydrogen (secondary N) is 2. The SMILES string of the molecule is C#CC(CC)NC(=O)[C@@H]1CCC(=O)N1. The third-order valence-electron chi connectivity index (χ3n) is 2.24. The Labute approximate surface area is 83.4 Å². The molecule has 0 aromatic rings. The molecule has 0 spiro atoms. The fraction of sp³-hybridized carbons (Fsp3) is 0.600. The second-order valence-corrected chi connectivity index (χ2v) is 3.29. The van der Waals surface area contributed by atoms with Crippen LogP contribution in [0.2, 0.25) is 0 Å². The molecule has 1 aliphatic rings. The summed E-state index contributed by atoms with van der Waals surface area (Å²) in [5, 5.41) is 5.28. The molecule has 0 radical (unpaired) electrons. The number of hydrogen-bond acceptors (Lipinski definition) is 2. The zero-order valence-electron chi connectivity index (χ0n) is 8.17. The standard InChI is InChI=1S/C10H14N2O2/c1-3-7(4-2)11-10(14)8-5-6-9(13)12-8/h1,7-8H,4-6H2,2H3,(H,11,14)(H,12,13)/t7?,8-/m0/s1. The number of terminal acetylenes is 1. The summed E-state index contributed by atoms with van der Waals surface area (Å²) in [5.74, 6) is 2.22. The molecular formula is C10H14N2O2. The summed E-state index contributed by atoms with van der Waals surface area (Å²) in [6.45, 7) is 1.90. The lowest BCUT2D eigenvalue weighted by molar-refractivity contribution is -0.126. The number of carbonyl (C=O) groups is 2. The normalized spacial score (nSPS) is 22.3. The van der Waals surface area contributed by atoms with E-state index in [9.17, 15) is 9.59 Å². The van der Waals surface area contributed by atoms with Crippen molar-refractivity contribution in [3.63, 3.8) is 0 Å². The van der Waals surface area contributed by atoms with E-state index in [0.29, 0.717) is 19.3 Å². The highest BCUT2D eigenvalue weighted by molar-refractivity contribution is 5.91. The van der Waals surface area contributed by atoms with E-state index in [0.717, 1.165) is 0 Å². The van der Waals surface area contributed by atoms with Crippen molar-refractivity contribution in [3.8, 4) is 12.3 Å². The van der Waals surface area contributed by atoms with Gasteiger partial charge in [0.2, 0.25) is 11.8 Å². The van der Waals surface area contributed by atoms with Gasteiger partial charge in [-0.1, -0.05) is 12.8 Å². The van der Waals surface area contributed by atoms with Gasteiger partial charge in [0, 0.05) is 6.42 Å². The molecule has 1 unspecified atom stereocenters. The van der Waals surface area contributed by atoms with Crippen molar-refractivity contribution in [2.75, 3.05) is 0 Å². The lowest BCUT2D eigenvalue weighted by Gasteiger charge is -2.14. The molecular weight excluding hydrogens is 180 g/mol. The minimum absolute atomic E-state index is 0.0705. The van der Waals surface area contributed by atoms with Crippen molar-refractivity contribution >= 4 is 11.8 Å². The van der Waals surface area contributed by atoms with Crippen LogP contribution in [0.1, 0.15) is 26.2 Å². The first kappa shape index (κ1) is 10.6. The fourth-order valence-electron chi connectivity index (χ4n) is 1.34. The molecule has 2 amide bonds. The zero-order valence-corrected chi connectivity index (χ0v) is 8.17. The van der Waals surface area contributed by atoms with Crippen LogP contribution in [0.5, 0.6) is 0 Å². The third-order valence-corrected chi connectivity index (χ3v) is 2.24. The topological polar surface area (TPSA) is 58.2 Å². The molecule has 0 aromatic heterocycles. The average molecular weight is 194 g/mol. The highest BCUT2D eigenvalue weighted by atomic mass is 16.2. The molecule has 0 bridgehead atoms. The van der Waals surface area contributed by atoms with Gasteiger partial charge in [0.15, 0.2) is 0 Å². The lowest BCUT2D eigenvalue weighted by atomic mass is 10.2. The number of carbonyl (C=O) groups excluding carboxylic acids is 2. The monoisotopic (exact) mass is 194 g/mol. The summed E-state index contributed by atoms with van der Waals surface area (Å²) in [7, 11) is 0. The van der Waals surface area contributed by atoms with Crippen LogP contribution in [-0.2, 0) is 9.59 Å². The molecule has 1 heterocycles. The van der Waals surface area contributed by atoms with Crippen LogP contribution in [0, 0.1) is 12.3 Å². The number of rotatable bonds is 3. The van der Waals surface area contributed by atoms with E-state index in [1.807, 2.05) is 6.92 Å². The lowest BCUT2D eigenvalue weighted by Crippen LogP contribution is -2.45. The van der Waals surface area contributed by atoms with Gasteiger partial charge < -0.3 is 10.6 Å². The van der Waals surface area contributed by atoms with Gasteiger partial charge in [-0.15, -0.1) is 6.42 Å². The first-order valence-corrected chi connectivity index (χ1v) is 4.73. The van der Waals surface area contributed by atoms with E-state index in [2.05, 4.69) is 16.6 Å². The molecule has 1 saturated heterocycles. The van der Waals surface area contributed by atoms with Crippen molar-refractivity contribution in [3.05, 3.63) is 0 Å². The van der Waals surface area contributed by atoms with E-state index in [1.165, 1.54) is 0 Å². The van der Waals surface area contributed by atoms with Gasteiger partial charge in [-0.2, -0.15) is 0 Å². The summed E-state index contributed by atoms with van der Waals surface area (Å²) >= 11 is 0. The minimum Gasteiger partial charge on any atom is -0.344 e. The maximum Gasteiger partial charge on any atom is 0.243 e. The Hall–Kier alpha value is -1.50. The average Bonchev–Trinajstić information content (AvgIpc) is 2.61. The molecule has 1 aliphatic heterocycles. The molecule has 0 saturated carbocycles. The fourth-order valence-corrected chi connectivity index (χ4v) is 1.34. The Morgan fingerprint density at radius 3 is 3.00 bits per heavy atom. The summed E-state index contributed by atoms with van der Waals surface area (Å²) in [4.78, 5) is 22.3. The highest BCUT2D eigenvalue weighted by Crippen LogP contribution is 2.06. The molecule has 2 atom stereocenters. The van der Waals surface area contributed by atoms with Crippen LogP contribution in [0.4, 0.5) is 0 Å². The maximum absolute atomic E-state index is 11.5. The zero-order chi connectivity index (χ0) is 10.6. The van der Waals surface area contributed by atoms with Crippen LogP contribution >= 0.6 is 0 Å². The first-order valence-electron chi connectivity index (χ1n) is 4.73. The van der Waals surface area contributed by atoms with Crippen LogP contribution in [0.15, 0.2) is 0 Å². The molecule has 0 aromatic carbocycles. The van der Waals surface area contributed by atoms with E-state index in [4.69, 9.17) is 6.42 Å². The second kappa shape index (κ2) is 4.66. The summed E-state index contributed by atoms with van der Waals surface area (Å²) < 4.78 is 0. The highest BCUT2D eigenvalue weighted by Gasteiger charge is 2.27. The molecule has 1 fully saturated rings. The Morgan fingerprint density at radius 1 is 1.86 bits per heavy atom. The summed E-state index contributed by atoms with van der Waals surface area (Å²) in [6.07, 6.45) is 6.89. The van der Waals surface area contributed by atoms with E-state index in [-0.39, 0.29) is 17.9 Å². The van der Waals surface area contributed by atoms with Gasteiger partial charge in [-0.05, 0) is 12.8 Å². The molecule has 14 heavy (non-hydrogen) atoms. The van der Waals surface area contributed by atoms with Gasteiger partial charge in [0.1, 0.15) is 6.04 Å². The molecule has 2 N–H and O–H groups in total. The van der Waals surface area contributed by atoms with E-state index in [1.54, 1.807) is 0 Å². The smallest absolute Gasteiger partial charge is 0.243 e. The number of hydrogen-bond donors (Lipinski definition) is 2. The van der Waals surface area contributed by atoms with Crippen LogP contribution < -0.4 is 10.6 Å². The molecule has 4 heteroatoms. The summed E-state index contributed by atoms with van der Waals surface area (Å²) in [5.41, 5.74) is 0. The van der Waals surface area contributed by atoms with Gasteiger partial charge in [0.05, 0.1) is 6.04 Å². The Bertz CT molecular complexity index is 280. The molecule has 4 nitrogen and oxygen atoms in total. The first-order chi connectivity index (χ1) is 6.67. The Kier molecular flexibility index (Phi) is 3.52. The Morgan fingerprint density at radius 2 is 2.57 bits per heavy atom. The van der Waals surface area contributed by atoms with Crippen molar-refractivity contribution in [2.24, 2.45) is 0 Å².